The Balaban J connectivity index is 2.81. The summed E-state index contributed by atoms with van der Waals surface area (Å²) in [5.41, 5.74) is -0.00940. The first-order chi connectivity index (χ1) is 7.50. The molecule has 0 heterocycles. The average molecular weight is 305 g/mol. The number of hydrogen-bond acceptors (Lipinski definition) is 2. The molecular formula is C11H7BrF2OS. The van der Waals surface area contributed by atoms with Crippen LogP contribution in [0.25, 0.3) is 0 Å². The fourth-order valence-electron chi connectivity index (χ4n) is 0.887. The van der Waals surface area contributed by atoms with Crippen LogP contribution in [0, 0.1) is 23.5 Å². The molecule has 0 N–H and O–H groups in total. The van der Waals surface area contributed by atoms with Crippen LogP contribution in [0.15, 0.2) is 16.6 Å². The molecule has 0 aliphatic heterocycles. The van der Waals surface area contributed by atoms with Gasteiger partial charge in [0.1, 0.15) is 11.6 Å². The van der Waals surface area contributed by atoms with E-state index in [9.17, 15) is 13.6 Å². The van der Waals surface area contributed by atoms with Crippen molar-refractivity contribution >= 4 is 32.8 Å². The molecule has 0 amide bonds. The summed E-state index contributed by atoms with van der Waals surface area (Å²) in [6, 6.07) is 2.04. The van der Waals surface area contributed by atoms with E-state index in [1.54, 1.807) is 0 Å². The molecule has 0 atom stereocenters. The van der Waals surface area contributed by atoms with E-state index in [1.807, 2.05) is 0 Å². The van der Waals surface area contributed by atoms with Crippen molar-refractivity contribution in [1.29, 1.82) is 0 Å². The van der Waals surface area contributed by atoms with Gasteiger partial charge in [-0.3, -0.25) is 4.79 Å². The lowest BCUT2D eigenvalue weighted by Crippen LogP contribution is -1.88. The predicted molar refractivity (Wildman–Crippen MR) is 64.1 cm³/mol. The molecule has 0 spiro atoms. The molecule has 1 nitrogen and oxygen atoms in total. The molecule has 0 aromatic heterocycles. The summed E-state index contributed by atoms with van der Waals surface area (Å²) >= 11 is 3.89. The summed E-state index contributed by atoms with van der Waals surface area (Å²) in [5.74, 6) is 4.18. The largest absolute Gasteiger partial charge is 0.288 e. The molecule has 0 saturated carbocycles. The van der Waals surface area contributed by atoms with E-state index in [0.717, 1.165) is 23.9 Å². The Morgan fingerprint density at radius 2 is 2.12 bits per heavy atom. The van der Waals surface area contributed by atoms with Crippen molar-refractivity contribution in [2.24, 2.45) is 0 Å². The number of carbonyl (C=O) groups is 1. The lowest BCUT2D eigenvalue weighted by atomic mass is 10.2. The predicted octanol–water partition coefficient (Wildman–Crippen LogP) is 3.36. The van der Waals surface area contributed by atoms with Gasteiger partial charge in [-0.2, -0.15) is 0 Å². The van der Waals surface area contributed by atoms with E-state index < -0.39 is 11.6 Å². The van der Waals surface area contributed by atoms with Crippen molar-refractivity contribution < 1.29 is 13.6 Å². The van der Waals surface area contributed by atoms with Gasteiger partial charge in [0.05, 0.1) is 15.8 Å². The lowest BCUT2D eigenvalue weighted by molar-refractivity contribution is -0.109. The Bertz CT molecular complexity index is 477. The molecule has 1 aromatic carbocycles. The minimum Gasteiger partial charge on any atom is -0.288 e. The van der Waals surface area contributed by atoms with Crippen LogP contribution in [0.4, 0.5) is 8.78 Å². The highest BCUT2D eigenvalue weighted by Crippen LogP contribution is 2.19. The van der Waals surface area contributed by atoms with Crippen molar-refractivity contribution in [3.05, 3.63) is 33.8 Å². The van der Waals surface area contributed by atoms with Crippen molar-refractivity contribution in [3.63, 3.8) is 0 Å². The smallest absolute Gasteiger partial charge is 0.186 e. The minimum atomic E-state index is -0.589. The number of rotatable bonds is 1. The maximum atomic E-state index is 13.2. The Morgan fingerprint density at radius 3 is 2.75 bits per heavy atom. The Kier molecular flexibility index (Phi) is 4.97. The summed E-state index contributed by atoms with van der Waals surface area (Å²) in [6.45, 7) is 1.42. The van der Waals surface area contributed by atoms with Gasteiger partial charge in [-0.25, -0.2) is 8.78 Å². The fraction of sp³-hybridized carbons (Fsp3) is 0.182. The number of carbonyl (C=O) groups excluding carboxylic acids is 1. The molecule has 16 heavy (non-hydrogen) atoms. The first-order valence-electron chi connectivity index (χ1n) is 4.27. The van der Waals surface area contributed by atoms with Crippen molar-refractivity contribution in [1.82, 2.24) is 0 Å². The van der Waals surface area contributed by atoms with Gasteiger partial charge < -0.3 is 0 Å². The topological polar surface area (TPSA) is 17.1 Å². The van der Waals surface area contributed by atoms with Crippen LogP contribution >= 0.6 is 27.7 Å². The third kappa shape index (κ3) is 3.95. The number of hydrogen-bond donors (Lipinski definition) is 0. The van der Waals surface area contributed by atoms with Crippen LogP contribution in [0.2, 0.25) is 0 Å². The van der Waals surface area contributed by atoms with Crippen LogP contribution in [-0.4, -0.2) is 10.9 Å². The molecule has 0 fully saturated rings. The third-order valence-electron chi connectivity index (χ3n) is 1.58. The molecule has 0 unspecified atom stereocenters. The second-order valence-electron chi connectivity index (χ2n) is 2.83. The first-order valence-corrected chi connectivity index (χ1v) is 6.05. The van der Waals surface area contributed by atoms with Crippen LogP contribution < -0.4 is 0 Å². The van der Waals surface area contributed by atoms with Gasteiger partial charge in [-0.1, -0.05) is 23.6 Å². The van der Waals surface area contributed by atoms with Crippen molar-refractivity contribution in [2.45, 2.75) is 6.92 Å². The standard InChI is InChI=1S/C11H7BrF2OS/c1-7(15)16-4-2-3-8-5-11(14)9(12)6-10(8)13/h5-6H,4H2,1H3. The van der Waals surface area contributed by atoms with Gasteiger partial charge in [0.15, 0.2) is 5.12 Å². The van der Waals surface area contributed by atoms with Crippen LogP contribution in [-0.2, 0) is 4.79 Å². The second-order valence-corrected chi connectivity index (χ2v) is 4.83. The normalized spacial score (nSPS) is 9.50. The van der Waals surface area contributed by atoms with Crippen LogP contribution in [0.3, 0.4) is 0 Å². The number of thioether (sulfide) groups is 1. The van der Waals surface area contributed by atoms with E-state index in [4.69, 9.17) is 0 Å². The SMILES string of the molecule is CC(=O)SCC#Cc1cc(F)c(Br)cc1F. The highest BCUT2D eigenvalue weighted by Gasteiger charge is 2.05. The van der Waals surface area contributed by atoms with Crippen molar-refractivity contribution in [3.8, 4) is 11.8 Å². The number of benzene rings is 1. The molecule has 0 bridgehead atoms. The van der Waals surface area contributed by atoms with Gasteiger partial charge in [-0.15, -0.1) is 0 Å². The van der Waals surface area contributed by atoms with E-state index in [0.29, 0.717) is 0 Å². The molecule has 1 aromatic rings. The maximum Gasteiger partial charge on any atom is 0.186 e. The molecule has 5 heteroatoms. The van der Waals surface area contributed by atoms with E-state index in [2.05, 4.69) is 27.8 Å². The second kappa shape index (κ2) is 6.02. The molecule has 0 radical (unpaired) electrons. The van der Waals surface area contributed by atoms with Gasteiger partial charge in [0.25, 0.3) is 0 Å². The molecular weight excluding hydrogens is 298 g/mol. The first kappa shape index (κ1) is 13.2. The van der Waals surface area contributed by atoms with Gasteiger partial charge in [-0.05, 0) is 28.1 Å². The van der Waals surface area contributed by atoms with E-state index in [1.165, 1.54) is 6.92 Å². The molecule has 1 rings (SSSR count). The molecule has 0 aliphatic carbocycles. The monoisotopic (exact) mass is 304 g/mol. The Labute approximate surface area is 105 Å². The minimum absolute atomic E-state index is 0.00940. The highest BCUT2D eigenvalue weighted by molar-refractivity contribution is 9.10. The lowest BCUT2D eigenvalue weighted by Gasteiger charge is -1.97. The van der Waals surface area contributed by atoms with E-state index >= 15 is 0 Å². The summed E-state index contributed by atoms with van der Waals surface area (Å²) in [7, 11) is 0. The zero-order chi connectivity index (χ0) is 12.1. The quantitative estimate of drug-likeness (QED) is 0.584. The summed E-state index contributed by atoms with van der Waals surface area (Å²) in [6.07, 6.45) is 0. The molecule has 0 saturated heterocycles. The zero-order valence-electron chi connectivity index (χ0n) is 8.31. The van der Waals surface area contributed by atoms with Gasteiger partial charge in [0, 0.05) is 6.92 Å². The summed E-state index contributed by atoms with van der Waals surface area (Å²) in [5, 5.41) is -0.0586. The maximum absolute atomic E-state index is 13.2. The third-order valence-corrected chi connectivity index (χ3v) is 2.88. The number of halogens is 3. The van der Waals surface area contributed by atoms with Crippen molar-refractivity contribution in [2.75, 3.05) is 5.75 Å². The summed E-state index contributed by atoms with van der Waals surface area (Å²) < 4.78 is 26.4. The zero-order valence-corrected chi connectivity index (χ0v) is 10.7. The summed E-state index contributed by atoms with van der Waals surface area (Å²) in [4.78, 5) is 10.6. The molecule has 0 aliphatic rings. The van der Waals surface area contributed by atoms with Gasteiger partial charge >= 0.3 is 0 Å². The van der Waals surface area contributed by atoms with E-state index in [-0.39, 0.29) is 20.9 Å². The average Bonchev–Trinajstić information content (AvgIpc) is 2.19. The molecule has 84 valence electrons. The van der Waals surface area contributed by atoms with Gasteiger partial charge in [0.2, 0.25) is 0 Å². The highest BCUT2D eigenvalue weighted by atomic mass is 79.9. The van der Waals surface area contributed by atoms with Crippen LogP contribution in [0.5, 0.6) is 0 Å². The fourth-order valence-corrected chi connectivity index (χ4v) is 1.55. The Hall–Kier alpha value is -0.860. The van der Waals surface area contributed by atoms with Crippen LogP contribution in [0.1, 0.15) is 12.5 Å². The Morgan fingerprint density at radius 1 is 1.44 bits per heavy atom.